The summed E-state index contributed by atoms with van der Waals surface area (Å²) in [5.74, 6) is -0.531. The van der Waals surface area contributed by atoms with Crippen molar-refractivity contribution in [2.24, 2.45) is 0 Å². The number of anilines is 1. The summed E-state index contributed by atoms with van der Waals surface area (Å²) in [5, 5.41) is 2.59. The summed E-state index contributed by atoms with van der Waals surface area (Å²) in [6.45, 7) is 7.34. The molecule has 1 saturated heterocycles. The fourth-order valence-corrected chi connectivity index (χ4v) is 2.76. The molecule has 2 amide bonds. The van der Waals surface area contributed by atoms with E-state index in [1.165, 1.54) is 12.1 Å². The van der Waals surface area contributed by atoms with E-state index >= 15 is 0 Å². The van der Waals surface area contributed by atoms with Crippen LogP contribution in [0.3, 0.4) is 0 Å². The molecule has 0 spiro atoms. The number of nitrogens with one attached hydrogen (secondary N) is 1. The molecule has 1 atom stereocenters. The minimum atomic E-state index is -0.282. The Morgan fingerprint density at radius 2 is 2.13 bits per heavy atom. The van der Waals surface area contributed by atoms with Crippen molar-refractivity contribution >= 4 is 17.5 Å². The number of rotatable bonds is 5. The number of nitrogens with zero attached hydrogens (tertiary/aromatic N) is 2. The topological polar surface area (TPSA) is 52.7 Å². The molecule has 0 radical (unpaired) electrons. The molecular weight excluding hydrogens is 297 g/mol. The van der Waals surface area contributed by atoms with Crippen molar-refractivity contribution in [2.45, 2.75) is 19.4 Å². The maximum atomic E-state index is 13.9. The number of hydrogen-bond acceptors (Lipinski definition) is 3. The van der Waals surface area contributed by atoms with E-state index in [1.54, 1.807) is 17.0 Å². The first-order chi connectivity index (χ1) is 11.0. The largest absolute Gasteiger partial charge is 0.365 e. The van der Waals surface area contributed by atoms with Gasteiger partial charge in [-0.2, -0.15) is 0 Å². The van der Waals surface area contributed by atoms with Crippen LogP contribution in [0.5, 0.6) is 0 Å². The van der Waals surface area contributed by atoms with Gasteiger partial charge in [-0.15, -0.1) is 0 Å². The van der Waals surface area contributed by atoms with Gasteiger partial charge in [0.05, 0.1) is 5.69 Å². The Kier molecular flexibility index (Phi) is 5.73. The average molecular weight is 319 g/mol. The Hall–Kier alpha value is -2.37. The lowest BCUT2D eigenvalue weighted by Gasteiger charge is -2.41. The van der Waals surface area contributed by atoms with Crippen molar-refractivity contribution in [3.63, 3.8) is 0 Å². The van der Waals surface area contributed by atoms with Crippen LogP contribution in [0.25, 0.3) is 0 Å². The van der Waals surface area contributed by atoms with Crippen LogP contribution in [0.4, 0.5) is 10.1 Å². The van der Waals surface area contributed by atoms with Crippen LogP contribution in [-0.2, 0) is 9.59 Å². The third-order valence-electron chi connectivity index (χ3n) is 3.96. The summed E-state index contributed by atoms with van der Waals surface area (Å²) in [5.41, 5.74) is 0.574. The standard InChI is InChI=1S/C17H22FN3O2/c1-3-16(22)19-9-8-17(23)21-11-10-20(12-13(21)2)15-7-5-4-6-14(15)18/h3-7,13H,1,8-12H2,2H3,(H,19,22). The highest BCUT2D eigenvalue weighted by Gasteiger charge is 2.28. The van der Waals surface area contributed by atoms with E-state index in [2.05, 4.69) is 11.9 Å². The Balaban J connectivity index is 1.88. The quantitative estimate of drug-likeness (QED) is 0.838. The third kappa shape index (κ3) is 4.31. The fourth-order valence-electron chi connectivity index (χ4n) is 2.76. The summed E-state index contributed by atoms with van der Waals surface area (Å²) in [7, 11) is 0. The highest BCUT2D eigenvalue weighted by molar-refractivity contribution is 5.87. The van der Waals surface area contributed by atoms with Gasteiger partial charge in [0, 0.05) is 38.6 Å². The molecule has 6 heteroatoms. The first kappa shape index (κ1) is 17.0. The number of amides is 2. The molecule has 1 N–H and O–H groups in total. The lowest BCUT2D eigenvalue weighted by molar-refractivity contribution is -0.133. The van der Waals surface area contributed by atoms with Crippen molar-refractivity contribution < 1.29 is 14.0 Å². The molecule has 0 saturated carbocycles. The zero-order valence-corrected chi connectivity index (χ0v) is 13.3. The third-order valence-corrected chi connectivity index (χ3v) is 3.96. The minimum absolute atomic E-state index is 0.00459. The van der Waals surface area contributed by atoms with E-state index in [-0.39, 0.29) is 30.1 Å². The lowest BCUT2D eigenvalue weighted by Crippen LogP contribution is -2.54. The van der Waals surface area contributed by atoms with Crippen LogP contribution in [0.15, 0.2) is 36.9 Å². The number of piperazine rings is 1. The van der Waals surface area contributed by atoms with Crippen molar-refractivity contribution in [3.05, 3.63) is 42.7 Å². The van der Waals surface area contributed by atoms with Crippen LogP contribution in [-0.4, -0.2) is 48.9 Å². The molecule has 1 aromatic rings. The number of halogens is 1. The maximum Gasteiger partial charge on any atom is 0.243 e. The molecule has 1 aromatic carbocycles. The summed E-state index contributed by atoms with van der Waals surface area (Å²) in [6, 6.07) is 6.66. The molecule has 0 bridgehead atoms. The summed E-state index contributed by atoms with van der Waals surface area (Å²) < 4.78 is 13.9. The molecule has 23 heavy (non-hydrogen) atoms. The molecule has 124 valence electrons. The SMILES string of the molecule is C=CC(=O)NCCC(=O)N1CCN(c2ccccc2F)CC1C. The second kappa shape index (κ2) is 7.76. The van der Waals surface area contributed by atoms with E-state index in [9.17, 15) is 14.0 Å². The zero-order chi connectivity index (χ0) is 16.8. The summed E-state index contributed by atoms with van der Waals surface area (Å²) in [6.07, 6.45) is 1.43. The van der Waals surface area contributed by atoms with Crippen LogP contribution in [0.1, 0.15) is 13.3 Å². The highest BCUT2D eigenvalue weighted by Crippen LogP contribution is 2.22. The van der Waals surface area contributed by atoms with E-state index in [4.69, 9.17) is 0 Å². The molecule has 1 heterocycles. The Morgan fingerprint density at radius 3 is 2.78 bits per heavy atom. The van der Waals surface area contributed by atoms with Crippen LogP contribution in [0.2, 0.25) is 0 Å². The Morgan fingerprint density at radius 1 is 1.39 bits per heavy atom. The molecule has 2 rings (SSSR count). The lowest BCUT2D eigenvalue weighted by atomic mass is 10.1. The molecular formula is C17H22FN3O2. The van der Waals surface area contributed by atoms with E-state index < -0.39 is 0 Å². The minimum Gasteiger partial charge on any atom is -0.365 e. The van der Waals surface area contributed by atoms with Gasteiger partial charge in [-0.25, -0.2) is 4.39 Å². The number of benzene rings is 1. The van der Waals surface area contributed by atoms with Gasteiger partial charge in [-0.3, -0.25) is 9.59 Å². The summed E-state index contributed by atoms with van der Waals surface area (Å²) in [4.78, 5) is 27.1. The Bertz CT molecular complexity index is 591. The van der Waals surface area contributed by atoms with Crippen molar-refractivity contribution in [1.29, 1.82) is 0 Å². The van der Waals surface area contributed by atoms with Crippen molar-refractivity contribution in [1.82, 2.24) is 10.2 Å². The van der Waals surface area contributed by atoms with Gasteiger partial charge in [0.2, 0.25) is 11.8 Å². The molecule has 1 aliphatic rings. The average Bonchev–Trinajstić information content (AvgIpc) is 2.54. The van der Waals surface area contributed by atoms with Gasteiger partial charge in [-0.1, -0.05) is 18.7 Å². The number of carbonyl (C=O) groups is 2. The van der Waals surface area contributed by atoms with Gasteiger partial charge in [0.25, 0.3) is 0 Å². The molecule has 0 aliphatic carbocycles. The van der Waals surface area contributed by atoms with Gasteiger partial charge in [-0.05, 0) is 25.1 Å². The monoisotopic (exact) mass is 319 g/mol. The Labute approximate surface area is 135 Å². The first-order valence-corrected chi connectivity index (χ1v) is 7.72. The molecule has 1 aliphatic heterocycles. The second-order valence-corrected chi connectivity index (χ2v) is 5.58. The molecule has 1 unspecified atom stereocenters. The normalized spacial score (nSPS) is 17.7. The van der Waals surface area contributed by atoms with Crippen LogP contribution >= 0.6 is 0 Å². The van der Waals surface area contributed by atoms with Crippen LogP contribution < -0.4 is 10.2 Å². The molecule has 1 fully saturated rings. The van der Waals surface area contributed by atoms with Crippen LogP contribution in [0, 0.1) is 5.82 Å². The van der Waals surface area contributed by atoms with Gasteiger partial charge in [0.15, 0.2) is 0 Å². The van der Waals surface area contributed by atoms with E-state index in [1.807, 2.05) is 17.9 Å². The fraction of sp³-hybridized carbons (Fsp3) is 0.412. The predicted molar refractivity (Wildman–Crippen MR) is 87.6 cm³/mol. The number of hydrogen-bond donors (Lipinski definition) is 1. The highest BCUT2D eigenvalue weighted by atomic mass is 19.1. The first-order valence-electron chi connectivity index (χ1n) is 7.72. The molecule has 5 nitrogen and oxygen atoms in total. The zero-order valence-electron chi connectivity index (χ0n) is 13.3. The number of carbonyl (C=O) groups excluding carboxylic acids is 2. The predicted octanol–water partition coefficient (Wildman–Crippen LogP) is 1.56. The van der Waals surface area contributed by atoms with Gasteiger partial charge >= 0.3 is 0 Å². The smallest absolute Gasteiger partial charge is 0.243 e. The maximum absolute atomic E-state index is 13.9. The van der Waals surface area contributed by atoms with Crippen molar-refractivity contribution in [2.75, 3.05) is 31.1 Å². The van der Waals surface area contributed by atoms with E-state index in [0.717, 1.165) is 0 Å². The molecule has 0 aromatic heterocycles. The van der Waals surface area contributed by atoms with Crippen molar-refractivity contribution in [3.8, 4) is 0 Å². The van der Waals surface area contributed by atoms with Gasteiger partial charge < -0.3 is 15.1 Å². The van der Waals surface area contributed by atoms with Gasteiger partial charge in [0.1, 0.15) is 5.82 Å². The summed E-state index contributed by atoms with van der Waals surface area (Å²) >= 11 is 0. The second-order valence-electron chi connectivity index (χ2n) is 5.58. The van der Waals surface area contributed by atoms with E-state index in [0.29, 0.717) is 31.9 Å². The number of para-hydroxylation sites is 1.